The van der Waals surface area contributed by atoms with Gasteiger partial charge in [0.1, 0.15) is 11.6 Å². The van der Waals surface area contributed by atoms with E-state index in [4.69, 9.17) is 11.6 Å². The fourth-order valence-electron chi connectivity index (χ4n) is 1.45. The molecule has 0 bridgehead atoms. The number of carbonyl (C=O) groups is 1. The lowest BCUT2D eigenvalue weighted by molar-refractivity contribution is 0.102. The van der Waals surface area contributed by atoms with Crippen molar-refractivity contribution in [2.24, 2.45) is 0 Å². The predicted molar refractivity (Wildman–Crippen MR) is 67.5 cm³/mol. The SMILES string of the molecule is O=C(Nc1cccc(F)c1)c1cc(Cl)ccc1O. The molecule has 0 fully saturated rings. The summed E-state index contributed by atoms with van der Waals surface area (Å²) in [7, 11) is 0. The summed E-state index contributed by atoms with van der Waals surface area (Å²) in [5.74, 6) is -1.20. The summed E-state index contributed by atoms with van der Waals surface area (Å²) in [6, 6.07) is 9.60. The monoisotopic (exact) mass is 265 g/mol. The molecule has 0 saturated heterocycles. The number of amides is 1. The summed E-state index contributed by atoms with van der Waals surface area (Å²) < 4.78 is 12.9. The Morgan fingerprint density at radius 3 is 2.72 bits per heavy atom. The number of phenols is 1. The van der Waals surface area contributed by atoms with Gasteiger partial charge in [-0.3, -0.25) is 4.79 Å². The second-order valence-corrected chi connectivity index (χ2v) is 4.06. The van der Waals surface area contributed by atoms with Crippen LogP contribution in [0.1, 0.15) is 10.4 Å². The highest BCUT2D eigenvalue weighted by molar-refractivity contribution is 6.31. The number of rotatable bonds is 2. The van der Waals surface area contributed by atoms with E-state index < -0.39 is 11.7 Å². The minimum absolute atomic E-state index is 0.0340. The van der Waals surface area contributed by atoms with Crippen LogP contribution in [-0.2, 0) is 0 Å². The molecule has 0 aliphatic carbocycles. The number of halogens is 2. The number of benzene rings is 2. The van der Waals surface area contributed by atoms with Gasteiger partial charge in [-0.05, 0) is 36.4 Å². The summed E-state index contributed by atoms with van der Waals surface area (Å²) >= 11 is 5.74. The van der Waals surface area contributed by atoms with Crippen LogP contribution in [0.15, 0.2) is 42.5 Å². The van der Waals surface area contributed by atoms with Crippen molar-refractivity contribution in [2.45, 2.75) is 0 Å². The van der Waals surface area contributed by atoms with Crippen LogP contribution in [0.5, 0.6) is 5.75 Å². The molecule has 0 heterocycles. The molecule has 0 atom stereocenters. The van der Waals surface area contributed by atoms with E-state index in [-0.39, 0.29) is 11.3 Å². The maximum absolute atomic E-state index is 12.9. The van der Waals surface area contributed by atoms with E-state index in [1.807, 2.05) is 0 Å². The summed E-state index contributed by atoms with van der Waals surface area (Å²) in [4.78, 5) is 11.8. The zero-order valence-corrected chi connectivity index (χ0v) is 9.91. The first-order valence-corrected chi connectivity index (χ1v) is 5.49. The van der Waals surface area contributed by atoms with Crippen LogP contribution in [0.25, 0.3) is 0 Å². The lowest BCUT2D eigenvalue weighted by Gasteiger charge is -2.07. The molecule has 0 aromatic heterocycles. The summed E-state index contributed by atoms with van der Waals surface area (Å²) in [5.41, 5.74) is 0.339. The second-order valence-electron chi connectivity index (χ2n) is 3.63. The maximum Gasteiger partial charge on any atom is 0.259 e. The molecule has 5 heteroatoms. The quantitative estimate of drug-likeness (QED) is 0.874. The number of hydrogen-bond acceptors (Lipinski definition) is 2. The van der Waals surface area contributed by atoms with Gasteiger partial charge in [-0.1, -0.05) is 17.7 Å². The highest BCUT2D eigenvalue weighted by Gasteiger charge is 2.12. The predicted octanol–water partition coefficient (Wildman–Crippen LogP) is 3.44. The van der Waals surface area contributed by atoms with Gasteiger partial charge < -0.3 is 10.4 Å². The zero-order chi connectivity index (χ0) is 13.1. The molecule has 0 unspecified atom stereocenters. The standard InChI is InChI=1S/C13H9ClFNO2/c14-8-4-5-12(17)11(6-8)13(18)16-10-3-1-2-9(15)7-10/h1-7,17H,(H,16,18). The molecular weight excluding hydrogens is 257 g/mol. The van der Waals surface area contributed by atoms with Crippen molar-refractivity contribution in [3.05, 3.63) is 58.9 Å². The van der Waals surface area contributed by atoms with Gasteiger partial charge in [0, 0.05) is 10.7 Å². The number of carbonyl (C=O) groups excluding carboxylic acids is 1. The lowest BCUT2D eigenvalue weighted by Crippen LogP contribution is -2.12. The Morgan fingerprint density at radius 2 is 2.00 bits per heavy atom. The minimum Gasteiger partial charge on any atom is -0.507 e. The summed E-state index contributed by atoms with van der Waals surface area (Å²) in [6.07, 6.45) is 0. The van der Waals surface area contributed by atoms with Crippen LogP contribution in [0.4, 0.5) is 10.1 Å². The third kappa shape index (κ3) is 2.78. The van der Waals surface area contributed by atoms with E-state index >= 15 is 0 Å². The molecule has 2 N–H and O–H groups in total. The lowest BCUT2D eigenvalue weighted by atomic mass is 10.2. The Balaban J connectivity index is 2.24. The molecule has 18 heavy (non-hydrogen) atoms. The van der Waals surface area contributed by atoms with E-state index in [0.29, 0.717) is 10.7 Å². The van der Waals surface area contributed by atoms with Gasteiger partial charge in [-0.2, -0.15) is 0 Å². The maximum atomic E-state index is 12.9. The number of anilines is 1. The van der Waals surface area contributed by atoms with Gasteiger partial charge >= 0.3 is 0 Å². The van der Waals surface area contributed by atoms with Crippen LogP contribution < -0.4 is 5.32 Å². The smallest absolute Gasteiger partial charge is 0.259 e. The van der Waals surface area contributed by atoms with E-state index in [1.54, 1.807) is 6.07 Å². The Morgan fingerprint density at radius 1 is 1.22 bits per heavy atom. The van der Waals surface area contributed by atoms with Crippen LogP contribution in [-0.4, -0.2) is 11.0 Å². The van der Waals surface area contributed by atoms with Gasteiger partial charge in [0.05, 0.1) is 5.56 Å². The van der Waals surface area contributed by atoms with E-state index in [0.717, 1.165) is 0 Å². The molecular formula is C13H9ClFNO2. The fraction of sp³-hybridized carbons (Fsp3) is 0. The molecule has 0 aliphatic rings. The molecule has 0 radical (unpaired) electrons. The molecule has 2 aromatic rings. The number of hydrogen-bond donors (Lipinski definition) is 2. The van der Waals surface area contributed by atoms with Crippen LogP contribution in [0.3, 0.4) is 0 Å². The van der Waals surface area contributed by atoms with Crippen LogP contribution in [0, 0.1) is 5.82 Å². The van der Waals surface area contributed by atoms with Crippen molar-refractivity contribution in [1.82, 2.24) is 0 Å². The molecule has 2 rings (SSSR count). The Kier molecular flexibility index (Phi) is 3.48. The topological polar surface area (TPSA) is 49.3 Å². The van der Waals surface area contributed by atoms with Crippen molar-refractivity contribution in [1.29, 1.82) is 0 Å². The Hall–Kier alpha value is -2.07. The third-order valence-electron chi connectivity index (χ3n) is 2.29. The fourth-order valence-corrected chi connectivity index (χ4v) is 1.63. The first-order valence-electron chi connectivity index (χ1n) is 5.12. The van der Waals surface area contributed by atoms with Crippen molar-refractivity contribution in [2.75, 3.05) is 5.32 Å². The van der Waals surface area contributed by atoms with Gasteiger partial charge in [-0.15, -0.1) is 0 Å². The number of phenolic OH excluding ortho intramolecular Hbond substituents is 1. The molecule has 1 amide bonds. The molecule has 3 nitrogen and oxygen atoms in total. The molecule has 0 saturated carbocycles. The average molecular weight is 266 g/mol. The summed E-state index contributed by atoms with van der Waals surface area (Å²) in [6.45, 7) is 0. The largest absolute Gasteiger partial charge is 0.507 e. The third-order valence-corrected chi connectivity index (χ3v) is 2.52. The normalized spacial score (nSPS) is 10.1. The van der Waals surface area contributed by atoms with Gasteiger partial charge in [-0.25, -0.2) is 4.39 Å². The highest BCUT2D eigenvalue weighted by atomic mass is 35.5. The van der Waals surface area contributed by atoms with Gasteiger partial charge in [0.2, 0.25) is 0 Å². The van der Waals surface area contributed by atoms with Crippen molar-refractivity contribution >= 4 is 23.2 Å². The molecule has 2 aromatic carbocycles. The number of aromatic hydroxyl groups is 1. The van der Waals surface area contributed by atoms with Gasteiger partial charge in [0.25, 0.3) is 5.91 Å². The van der Waals surface area contributed by atoms with Crippen molar-refractivity contribution < 1.29 is 14.3 Å². The van der Waals surface area contributed by atoms with Crippen molar-refractivity contribution in [3.63, 3.8) is 0 Å². The average Bonchev–Trinajstić information content (AvgIpc) is 2.32. The first kappa shape index (κ1) is 12.4. The van der Waals surface area contributed by atoms with Crippen molar-refractivity contribution in [3.8, 4) is 5.75 Å². The molecule has 92 valence electrons. The van der Waals surface area contributed by atoms with E-state index in [1.165, 1.54) is 36.4 Å². The first-order chi connectivity index (χ1) is 8.56. The number of nitrogens with one attached hydrogen (secondary N) is 1. The Bertz CT molecular complexity index is 601. The van der Waals surface area contributed by atoms with Gasteiger partial charge in [0.15, 0.2) is 0 Å². The van der Waals surface area contributed by atoms with Crippen LogP contribution in [0.2, 0.25) is 5.02 Å². The Labute approximate surface area is 108 Å². The zero-order valence-electron chi connectivity index (χ0n) is 9.15. The highest BCUT2D eigenvalue weighted by Crippen LogP contribution is 2.22. The minimum atomic E-state index is -0.555. The molecule has 0 aliphatic heterocycles. The summed E-state index contributed by atoms with van der Waals surface area (Å²) in [5, 5.41) is 12.3. The molecule has 0 spiro atoms. The van der Waals surface area contributed by atoms with Crippen LogP contribution >= 0.6 is 11.6 Å². The second kappa shape index (κ2) is 5.06. The van der Waals surface area contributed by atoms with E-state index in [2.05, 4.69) is 5.32 Å². The van der Waals surface area contributed by atoms with E-state index in [9.17, 15) is 14.3 Å².